The second-order valence-electron chi connectivity index (χ2n) is 3.24. The summed E-state index contributed by atoms with van der Waals surface area (Å²) in [6.45, 7) is 1.55. The quantitative estimate of drug-likeness (QED) is 0.860. The van der Waals surface area contributed by atoms with Gasteiger partial charge >= 0.3 is 6.18 Å². The number of nitrogens with zero attached hydrogens (tertiary/aromatic N) is 2. The molecule has 1 aromatic rings. The van der Waals surface area contributed by atoms with Crippen LogP contribution in [0.5, 0.6) is 0 Å². The summed E-state index contributed by atoms with van der Waals surface area (Å²) in [4.78, 5) is 0. The highest BCUT2D eigenvalue weighted by Crippen LogP contribution is 2.27. The number of aryl methyl sites for hydroxylation is 2. The molecule has 1 atom stereocenters. The van der Waals surface area contributed by atoms with Crippen LogP contribution in [-0.4, -0.2) is 27.2 Å². The Morgan fingerprint density at radius 2 is 2.07 bits per heavy atom. The molecule has 0 aliphatic carbocycles. The van der Waals surface area contributed by atoms with Crippen molar-refractivity contribution in [3.63, 3.8) is 0 Å². The highest BCUT2D eigenvalue weighted by atomic mass is 35.5. The highest BCUT2D eigenvalue weighted by molar-refractivity contribution is 6.30. The first kappa shape index (κ1) is 12.3. The summed E-state index contributed by atoms with van der Waals surface area (Å²) in [7, 11) is 1.53. The van der Waals surface area contributed by atoms with Crippen LogP contribution in [0.15, 0.2) is 0 Å². The number of alkyl halides is 3. The van der Waals surface area contributed by atoms with Crippen LogP contribution in [-0.2, 0) is 13.5 Å². The van der Waals surface area contributed by atoms with Crippen LogP contribution < -0.4 is 0 Å². The fraction of sp³-hybridized carbons (Fsp3) is 0.625. The molecule has 1 N–H and O–H groups in total. The summed E-state index contributed by atoms with van der Waals surface area (Å²) in [6.07, 6.45) is -7.61. The van der Waals surface area contributed by atoms with Gasteiger partial charge < -0.3 is 5.11 Å². The van der Waals surface area contributed by atoms with E-state index in [1.807, 2.05) is 0 Å². The molecule has 0 spiro atoms. The maximum atomic E-state index is 12.1. The molecule has 0 bridgehead atoms. The van der Waals surface area contributed by atoms with Gasteiger partial charge in [-0.3, -0.25) is 4.68 Å². The monoisotopic (exact) mass is 242 g/mol. The van der Waals surface area contributed by atoms with Crippen LogP contribution in [0.3, 0.4) is 0 Å². The molecule has 1 rings (SSSR count). The van der Waals surface area contributed by atoms with Gasteiger partial charge in [0.25, 0.3) is 0 Å². The van der Waals surface area contributed by atoms with Gasteiger partial charge in [0.1, 0.15) is 5.15 Å². The minimum atomic E-state index is -4.63. The van der Waals surface area contributed by atoms with Gasteiger partial charge in [-0.15, -0.1) is 0 Å². The summed E-state index contributed by atoms with van der Waals surface area (Å²) in [5.74, 6) is 0. The standard InChI is InChI=1S/C8H10ClF3N2O/c1-4-5(7(9)14(2)13-4)3-6(15)8(10,11)12/h6,15H,3H2,1-2H3. The number of hydrogen-bond donors (Lipinski definition) is 1. The largest absolute Gasteiger partial charge is 0.414 e. The van der Waals surface area contributed by atoms with Crippen molar-refractivity contribution in [1.82, 2.24) is 9.78 Å². The predicted molar refractivity (Wildman–Crippen MR) is 48.7 cm³/mol. The average Bonchev–Trinajstić information content (AvgIpc) is 2.30. The molecule has 0 fully saturated rings. The van der Waals surface area contributed by atoms with Crippen molar-refractivity contribution >= 4 is 11.6 Å². The van der Waals surface area contributed by atoms with E-state index in [1.165, 1.54) is 11.7 Å². The van der Waals surface area contributed by atoms with E-state index in [4.69, 9.17) is 16.7 Å². The van der Waals surface area contributed by atoms with Crippen molar-refractivity contribution in [3.05, 3.63) is 16.4 Å². The summed E-state index contributed by atoms with van der Waals surface area (Å²) < 4.78 is 37.5. The molecule has 15 heavy (non-hydrogen) atoms. The fourth-order valence-electron chi connectivity index (χ4n) is 1.21. The first-order chi connectivity index (χ1) is 6.73. The SMILES string of the molecule is Cc1nn(C)c(Cl)c1CC(O)C(F)(F)F. The zero-order chi connectivity index (χ0) is 11.8. The lowest BCUT2D eigenvalue weighted by Gasteiger charge is -2.13. The molecule has 0 radical (unpaired) electrons. The zero-order valence-electron chi connectivity index (χ0n) is 8.14. The summed E-state index contributed by atoms with van der Waals surface area (Å²) >= 11 is 5.73. The molecular weight excluding hydrogens is 233 g/mol. The molecule has 7 heteroatoms. The van der Waals surface area contributed by atoms with Crippen molar-refractivity contribution < 1.29 is 18.3 Å². The van der Waals surface area contributed by atoms with Crippen LogP contribution in [0.25, 0.3) is 0 Å². The van der Waals surface area contributed by atoms with E-state index >= 15 is 0 Å². The van der Waals surface area contributed by atoms with E-state index in [1.54, 1.807) is 6.92 Å². The van der Waals surface area contributed by atoms with Gasteiger partial charge in [-0.2, -0.15) is 18.3 Å². The molecule has 0 aliphatic heterocycles. The van der Waals surface area contributed by atoms with E-state index in [0.717, 1.165) is 0 Å². The van der Waals surface area contributed by atoms with Crippen LogP contribution in [0, 0.1) is 6.92 Å². The Bertz CT molecular complexity index is 362. The third-order valence-corrected chi connectivity index (χ3v) is 2.52. The Labute approximate surface area is 89.5 Å². The summed E-state index contributed by atoms with van der Waals surface area (Å²) in [5.41, 5.74) is 0.620. The van der Waals surface area contributed by atoms with Gasteiger partial charge in [0.15, 0.2) is 6.10 Å². The maximum absolute atomic E-state index is 12.1. The van der Waals surface area contributed by atoms with Gasteiger partial charge in [0.2, 0.25) is 0 Å². The summed E-state index contributed by atoms with van der Waals surface area (Å²) in [6, 6.07) is 0. The third kappa shape index (κ3) is 2.63. The minimum Gasteiger partial charge on any atom is -0.383 e. The zero-order valence-corrected chi connectivity index (χ0v) is 8.89. The van der Waals surface area contributed by atoms with E-state index < -0.39 is 18.7 Å². The van der Waals surface area contributed by atoms with Crippen molar-refractivity contribution in [2.75, 3.05) is 0 Å². The van der Waals surface area contributed by atoms with Crippen molar-refractivity contribution in [2.24, 2.45) is 7.05 Å². The van der Waals surface area contributed by atoms with Crippen LogP contribution in [0.1, 0.15) is 11.3 Å². The molecule has 1 unspecified atom stereocenters. The number of aromatic nitrogens is 2. The minimum absolute atomic E-state index is 0.121. The normalized spacial score (nSPS) is 14.3. The molecule has 86 valence electrons. The van der Waals surface area contributed by atoms with Gasteiger partial charge in [-0.05, 0) is 6.92 Å². The molecule has 0 amide bonds. The lowest BCUT2D eigenvalue weighted by atomic mass is 10.1. The second-order valence-corrected chi connectivity index (χ2v) is 3.60. The first-order valence-electron chi connectivity index (χ1n) is 4.16. The Kier molecular flexibility index (Phi) is 3.30. The number of halogens is 4. The fourth-order valence-corrected chi connectivity index (χ4v) is 1.47. The van der Waals surface area contributed by atoms with Crippen molar-refractivity contribution in [2.45, 2.75) is 25.6 Å². The van der Waals surface area contributed by atoms with Crippen molar-refractivity contribution in [3.8, 4) is 0 Å². The van der Waals surface area contributed by atoms with E-state index in [2.05, 4.69) is 5.10 Å². The van der Waals surface area contributed by atoms with Crippen LogP contribution >= 0.6 is 11.6 Å². The third-order valence-electron chi connectivity index (χ3n) is 2.05. The predicted octanol–water partition coefficient (Wildman–Crippen LogP) is 1.85. The Hall–Kier alpha value is -0.750. The van der Waals surface area contributed by atoms with Gasteiger partial charge in [-0.1, -0.05) is 11.6 Å². The molecule has 3 nitrogen and oxygen atoms in total. The highest BCUT2D eigenvalue weighted by Gasteiger charge is 2.39. The number of aliphatic hydroxyl groups is 1. The molecule has 1 heterocycles. The first-order valence-corrected chi connectivity index (χ1v) is 4.54. The van der Waals surface area contributed by atoms with E-state index in [9.17, 15) is 13.2 Å². The lowest BCUT2D eigenvalue weighted by Crippen LogP contribution is -2.30. The maximum Gasteiger partial charge on any atom is 0.414 e. The number of aliphatic hydroxyl groups excluding tert-OH is 1. The number of rotatable bonds is 2. The molecule has 0 saturated carbocycles. The Morgan fingerprint density at radius 3 is 2.40 bits per heavy atom. The smallest absolute Gasteiger partial charge is 0.383 e. The lowest BCUT2D eigenvalue weighted by molar-refractivity contribution is -0.203. The molecule has 1 aromatic heterocycles. The van der Waals surface area contributed by atoms with E-state index in [-0.39, 0.29) is 10.7 Å². The molecular formula is C8H10ClF3N2O. The second kappa shape index (κ2) is 4.02. The topological polar surface area (TPSA) is 38.0 Å². The van der Waals surface area contributed by atoms with Crippen LogP contribution in [0.4, 0.5) is 13.2 Å². The average molecular weight is 243 g/mol. The molecule has 0 aliphatic rings. The molecule has 0 saturated heterocycles. The van der Waals surface area contributed by atoms with E-state index in [0.29, 0.717) is 5.69 Å². The van der Waals surface area contributed by atoms with Gasteiger partial charge in [-0.25, -0.2) is 0 Å². The Morgan fingerprint density at radius 1 is 1.53 bits per heavy atom. The van der Waals surface area contributed by atoms with Gasteiger partial charge in [0, 0.05) is 19.0 Å². The summed E-state index contributed by atoms with van der Waals surface area (Å²) in [5, 5.41) is 12.8. The van der Waals surface area contributed by atoms with Crippen molar-refractivity contribution in [1.29, 1.82) is 0 Å². The van der Waals surface area contributed by atoms with Crippen LogP contribution in [0.2, 0.25) is 5.15 Å². The molecule has 0 aromatic carbocycles. The number of hydrogen-bond acceptors (Lipinski definition) is 2. The van der Waals surface area contributed by atoms with Gasteiger partial charge in [0.05, 0.1) is 5.69 Å². The Balaban J connectivity index is 2.90.